The Morgan fingerprint density at radius 1 is 1.03 bits per heavy atom. The van der Waals surface area contributed by atoms with E-state index in [2.05, 4.69) is 26.9 Å². The van der Waals surface area contributed by atoms with Crippen molar-refractivity contribution in [1.29, 1.82) is 5.26 Å². The molecule has 5 nitrogen and oxygen atoms in total. The summed E-state index contributed by atoms with van der Waals surface area (Å²) in [6, 6.07) is 15.5. The number of benzene rings is 2. The number of nitrogens with zero attached hydrogens (tertiary/aromatic N) is 2. The molecule has 2 aliphatic rings. The fourth-order valence-corrected chi connectivity index (χ4v) is 6.47. The van der Waals surface area contributed by atoms with Gasteiger partial charge in [0.2, 0.25) is 0 Å². The highest BCUT2D eigenvalue weighted by molar-refractivity contribution is 5.86. The van der Waals surface area contributed by atoms with Crippen molar-refractivity contribution in [2.45, 2.75) is 94.6 Å². The first-order valence-corrected chi connectivity index (χ1v) is 14.2. The maximum absolute atomic E-state index is 13.1. The molecule has 2 saturated carbocycles. The van der Waals surface area contributed by atoms with Crippen molar-refractivity contribution in [2.24, 2.45) is 5.73 Å². The summed E-state index contributed by atoms with van der Waals surface area (Å²) in [6.07, 6.45) is 8.03. The van der Waals surface area contributed by atoms with Crippen LogP contribution in [-0.2, 0) is 0 Å². The second-order valence-corrected chi connectivity index (χ2v) is 11.2. The third-order valence-corrected chi connectivity index (χ3v) is 8.47. The van der Waals surface area contributed by atoms with E-state index in [1.54, 1.807) is 6.07 Å². The SMILES string of the molecule is N#Cc1ccc2c(C(CCN[C@H]3CC[C@H](N)CC3)c3cccc(OC(F)(F)F)c3)cn(C3CCCCC3)c2c1. The van der Waals surface area contributed by atoms with Crippen molar-refractivity contribution in [3.05, 3.63) is 65.4 Å². The van der Waals surface area contributed by atoms with E-state index < -0.39 is 6.36 Å². The van der Waals surface area contributed by atoms with Crippen LogP contribution in [0.25, 0.3) is 10.9 Å². The topological polar surface area (TPSA) is 76.0 Å². The minimum atomic E-state index is -4.75. The summed E-state index contributed by atoms with van der Waals surface area (Å²) in [5, 5.41) is 14.3. The normalized spacial score (nSPS) is 21.5. The molecular weight excluding hydrogens is 501 g/mol. The molecule has 1 aromatic heterocycles. The average molecular weight is 539 g/mol. The molecular formula is C31H37F3N4O. The molecule has 1 heterocycles. The number of hydrogen-bond donors (Lipinski definition) is 2. The van der Waals surface area contributed by atoms with Gasteiger partial charge in [-0.2, -0.15) is 5.26 Å². The van der Waals surface area contributed by atoms with E-state index in [-0.39, 0.29) is 17.7 Å². The highest BCUT2D eigenvalue weighted by atomic mass is 19.4. The van der Waals surface area contributed by atoms with Crippen LogP contribution in [0.3, 0.4) is 0 Å². The number of nitrogens with one attached hydrogen (secondary N) is 1. The summed E-state index contributed by atoms with van der Waals surface area (Å²) in [5.41, 5.74) is 9.58. The van der Waals surface area contributed by atoms with Gasteiger partial charge in [-0.1, -0.05) is 37.5 Å². The van der Waals surface area contributed by atoms with E-state index in [9.17, 15) is 18.4 Å². The number of hydrogen-bond acceptors (Lipinski definition) is 4. The maximum atomic E-state index is 13.1. The molecule has 0 spiro atoms. The highest BCUT2D eigenvalue weighted by Crippen LogP contribution is 2.40. The van der Waals surface area contributed by atoms with Crippen molar-refractivity contribution in [3.8, 4) is 11.8 Å². The van der Waals surface area contributed by atoms with Crippen LogP contribution in [0.2, 0.25) is 0 Å². The van der Waals surface area contributed by atoms with E-state index in [4.69, 9.17) is 5.73 Å². The predicted octanol–water partition coefficient (Wildman–Crippen LogP) is 7.30. The fraction of sp³-hybridized carbons (Fsp3) is 0.516. The summed E-state index contributed by atoms with van der Waals surface area (Å²) < 4.78 is 45.8. The molecule has 3 N–H and O–H groups in total. The molecule has 0 aliphatic heterocycles. The third kappa shape index (κ3) is 6.77. The molecule has 5 rings (SSSR count). The van der Waals surface area contributed by atoms with Crippen LogP contribution in [0.5, 0.6) is 5.75 Å². The number of rotatable bonds is 8. The van der Waals surface area contributed by atoms with E-state index in [1.807, 2.05) is 24.3 Å². The van der Waals surface area contributed by atoms with E-state index >= 15 is 0 Å². The van der Waals surface area contributed by atoms with Crippen molar-refractivity contribution < 1.29 is 17.9 Å². The summed E-state index contributed by atoms with van der Waals surface area (Å²) in [6.45, 7) is 0.737. The summed E-state index contributed by atoms with van der Waals surface area (Å²) in [7, 11) is 0. The summed E-state index contributed by atoms with van der Waals surface area (Å²) >= 11 is 0. The number of ether oxygens (including phenoxy) is 1. The molecule has 2 fully saturated rings. The van der Waals surface area contributed by atoms with Gasteiger partial charge in [0, 0.05) is 41.1 Å². The lowest BCUT2D eigenvalue weighted by Crippen LogP contribution is -2.38. The van der Waals surface area contributed by atoms with Crippen LogP contribution < -0.4 is 15.8 Å². The average Bonchev–Trinajstić information content (AvgIpc) is 3.30. The number of fused-ring (bicyclic) bond motifs is 1. The highest BCUT2D eigenvalue weighted by Gasteiger charge is 2.32. The van der Waals surface area contributed by atoms with Gasteiger partial charge >= 0.3 is 6.36 Å². The molecule has 39 heavy (non-hydrogen) atoms. The summed E-state index contributed by atoms with van der Waals surface area (Å²) in [5.74, 6) is -0.345. The lowest BCUT2D eigenvalue weighted by molar-refractivity contribution is -0.274. The zero-order chi connectivity index (χ0) is 27.4. The largest absolute Gasteiger partial charge is 0.573 e. The lowest BCUT2D eigenvalue weighted by Gasteiger charge is -2.28. The molecule has 2 aliphatic carbocycles. The number of halogens is 3. The zero-order valence-electron chi connectivity index (χ0n) is 22.2. The van der Waals surface area contributed by atoms with Crippen molar-refractivity contribution in [1.82, 2.24) is 9.88 Å². The minimum absolute atomic E-state index is 0.139. The molecule has 0 radical (unpaired) electrons. The van der Waals surface area contributed by atoms with Crippen LogP contribution >= 0.6 is 0 Å². The third-order valence-electron chi connectivity index (χ3n) is 8.47. The Bertz CT molecular complexity index is 1300. The van der Waals surface area contributed by atoms with Gasteiger partial charge in [0.1, 0.15) is 5.75 Å². The first kappa shape index (κ1) is 27.5. The van der Waals surface area contributed by atoms with Gasteiger partial charge in [-0.05, 0) is 86.9 Å². The van der Waals surface area contributed by atoms with Crippen molar-refractivity contribution in [2.75, 3.05) is 6.54 Å². The molecule has 208 valence electrons. The van der Waals surface area contributed by atoms with Crippen LogP contribution in [0.4, 0.5) is 13.2 Å². The monoisotopic (exact) mass is 538 g/mol. The maximum Gasteiger partial charge on any atom is 0.573 e. The molecule has 2 aromatic carbocycles. The van der Waals surface area contributed by atoms with E-state index in [0.29, 0.717) is 17.6 Å². The molecule has 0 amide bonds. The molecule has 0 bridgehead atoms. The Kier molecular flexibility index (Phi) is 8.49. The Balaban J connectivity index is 1.51. The fourth-order valence-electron chi connectivity index (χ4n) is 6.47. The quantitative estimate of drug-likeness (QED) is 0.316. The molecule has 1 unspecified atom stereocenters. The van der Waals surface area contributed by atoms with E-state index in [0.717, 1.165) is 73.5 Å². The number of aromatic nitrogens is 1. The molecule has 3 aromatic rings. The Morgan fingerprint density at radius 2 is 1.79 bits per heavy atom. The van der Waals surface area contributed by atoms with Crippen LogP contribution in [0.15, 0.2) is 48.7 Å². The molecule has 8 heteroatoms. The number of nitrogens with two attached hydrogens (primary N) is 1. The molecule has 1 atom stereocenters. The van der Waals surface area contributed by atoms with Crippen molar-refractivity contribution >= 4 is 10.9 Å². The Morgan fingerprint density at radius 3 is 2.51 bits per heavy atom. The van der Waals surface area contributed by atoms with Gasteiger partial charge in [0.25, 0.3) is 0 Å². The standard InChI is InChI=1S/C31H37F3N4O/c32-31(33,34)39-26-8-4-5-22(18-26)27(15-16-37-24-12-10-23(36)11-13-24)29-20-38(25-6-2-1-3-7-25)30-17-21(19-35)9-14-28(29)30/h4-5,8-9,14,17-18,20,23-25,27,37H,1-3,6-7,10-13,15-16,36H2/t23-,24-,27?. The number of alkyl halides is 3. The smallest absolute Gasteiger partial charge is 0.406 e. The van der Waals surface area contributed by atoms with Gasteiger partial charge in [-0.25, -0.2) is 0 Å². The van der Waals surface area contributed by atoms with Crippen LogP contribution in [0, 0.1) is 11.3 Å². The number of nitriles is 1. The van der Waals surface area contributed by atoms with Gasteiger partial charge in [-0.15, -0.1) is 13.2 Å². The van der Waals surface area contributed by atoms with Gasteiger partial charge in [0.15, 0.2) is 0 Å². The van der Waals surface area contributed by atoms with Crippen LogP contribution in [0.1, 0.15) is 92.9 Å². The van der Waals surface area contributed by atoms with Gasteiger partial charge in [0.05, 0.1) is 11.6 Å². The Hall–Kier alpha value is -3.02. The van der Waals surface area contributed by atoms with Crippen molar-refractivity contribution in [3.63, 3.8) is 0 Å². The predicted molar refractivity (Wildman–Crippen MR) is 147 cm³/mol. The Labute approximate surface area is 228 Å². The first-order valence-electron chi connectivity index (χ1n) is 14.2. The minimum Gasteiger partial charge on any atom is -0.406 e. The van der Waals surface area contributed by atoms with Gasteiger partial charge < -0.3 is 20.4 Å². The zero-order valence-corrected chi connectivity index (χ0v) is 22.2. The lowest BCUT2D eigenvalue weighted by atomic mass is 9.87. The van der Waals surface area contributed by atoms with E-state index in [1.165, 1.54) is 31.4 Å². The summed E-state index contributed by atoms with van der Waals surface area (Å²) in [4.78, 5) is 0. The van der Waals surface area contributed by atoms with Gasteiger partial charge in [-0.3, -0.25) is 0 Å². The second-order valence-electron chi connectivity index (χ2n) is 11.2. The first-order chi connectivity index (χ1) is 18.8. The molecule has 0 saturated heterocycles. The van der Waals surface area contributed by atoms with Crippen LogP contribution in [-0.4, -0.2) is 29.6 Å². The second kappa shape index (κ2) is 12.0.